The first-order valence-corrected chi connectivity index (χ1v) is 4.41. The van der Waals surface area contributed by atoms with Crippen LogP contribution < -0.4 is 5.32 Å². The van der Waals surface area contributed by atoms with Crippen LogP contribution in [0.5, 0.6) is 0 Å². The van der Waals surface area contributed by atoms with Gasteiger partial charge in [0.05, 0.1) is 6.54 Å². The lowest BCUT2D eigenvalue weighted by Gasteiger charge is -2.23. The van der Waals surface area contributed by atoms with Crippen molar-refractivity contribution in [3.8, 4) is 0 Å². The zero-order valence-corrected chi connectivity index (χ0v) is 8.80. The Morgan fingerprint density at radius 2 is 1.93 bits per heavy atom. The molecule has 4 nitrogen and oxygen atoms in total. The third-order valence-electron chi connectivity index (χ3n) is 1.58. The number of hydrogen-bond donors (Lipinski definition) is 2. The number of urea groups is 1. The Kier molecular flexibility index (Phi) is 4.86. The highest BCUT2D eigenvalue weighted by atomic mass is 19.4. The van der Waals surface area contributed by atoms with Gasteiger partial charge in [0.1, 0.15) is 0 Å². The molecule has 0 heterocycles. The molecule has 90 valence electrons. The van der Waals surface area contributed by atoms with Crippen molar-refractivity contribution in [2.75, 3.05) is 13.6 Å². The number of halogens is 3. The van der Waals surface area contributed by atoms with Crippen LogP contribution in [0.25, 0.3) is 0 Å². The van der Waals surface area contributed by atoms with E-state index in [9.17, 15) is 18.0 Å². The van der Waals surface area contributed by atoms with Crippen LogP contribution in [0.2, 0.25) is 0 Å². The van der Waals surface area contributed by atoms with E-state index in [1.807, 2.05) is 0 Å². The van der Waals surface area contributed by atoms with Crippen LogP contribution in [0, 0.1) is 0 Å². The van der Waals surface area contributed by atoms with Crippen molar-refractivity contribution in [2.24, 2.45) is 0 Å². The Hall–Kier alpha value is -0.980. The summed E-state index contributed by atoms with van der Waals surface area (Å²) in [6, 6.07) is -0.809. The zero-order valence-electron chi connectivity index (χ0n) is 8.80. The molecule has 0 aromatic heterocycles. The molecule has 0 aromatic carbocycles. The second kappa shape index (κ2) is 5.20. The van der Waals surface area contributed by atoms with Gasteiger partial charge in [-0.25, -0.2) is 4.79 Å². The van der Waals surface area contributed by atoms with Gasteiger partial charge >= 0.3 is 12.2 Å². The summed E-state index contributed by atoms with van der Waals surface area (Å²) >= 11 is 0. The van der Waals surface area contributed by atoms with Gasteiger partial charge in [0.2, 0.25) is 0 Å². The lowest BCUT2D eigenvalue weighted by Crippen LogP contribution is -2.47. The number of alkyl halides is 3. The summed E-state index contributed by atoms with van der Waals surface area (Å²) in [5.74, 6) is 0. The van der Waals surface area contributed by atoms with Gasteiger partial charge in [0.25, 0.3) is 0 Å². The first-order valence-electron chi connectivity index (χ1n) is 4.41. The molecule has 0 saturated carbocycles. The van der Waals surface area contributed by atoms with E-state index in [1.165, 1.54) is 7.05 Å². The van der Waals surface area contributed by atoms with Crippen molar-refractivity contribution >= 4 is 6.03 Å². The van der Waals surface area contributed by atoms with E-state index in [2.05, 4.69) is 5.32 Å². The van der Waals surface area contributed by atoms with Crippen LogP contribution in [0.3, 0.4) is 0 Å². The molecule has 2 N–H and O–H groups in total. The molecule has 0 rings (SSSR count). The summed E-state index contributed by atoms with van der Waals surface area (Å²) in [4.78, 5) is 11.9. The summed E-state index contributed by atoms with van der Waals surface area (Å²) in [5, 5.41) is 11.1. The molecular weight excluding hydrogens is 213 g/mol. The standard InChI is InChI=1S/C8H15F3N2O2/c1-5(2)12-7(15)13(3)4-6(14)8(9,10)11/h5-6,14H,4H2,1-3H3,(H,12,15)/t6-/m0/s1. The largest absolute Gasteiger partial charge is 0.416 e. The van der Waals surface area contributed by atoms with Gasteiger partial charge in [0.15, 0.2) is 6.10 Å². The van der Waals surface area contributed by atoms with Crippen molar-refractivity contribution in [3.63, 3.8) is 0 Å². The van der Waals surface area contributed by atoms with E-state index >= 15 is 0 Å². The number of aliphatic hydroxyl groups excluding tert-OH is 1. The van der Waals surface area contributed by atoms with E-state index < -0.39 is 24.9 Å². The van der Waals surface area contributed by atoms with Crippen molar-refractivity contribution in [1.29, 1.82) is 0 Å². The minimum absolute atomic E-state index is 0.164. The second-order valence-electron chi connectivity index (χ2n) is 3.54. The average molecular weight is 228 g/mol. The number of amides is 2. The number of hydrogen-bond acceptors (Lipinski definition) is 2. The quantitative estimate of drug-likeness (QED) is 0.756. The first kappa shape index (κ1) is 14.0. The summed E-state index contributed by atoms with van der Waals surface area (Å²) in [5.41, 5.74) is 0. The van der Waals surface area contributed by atoms with Crippen LogP contribution in [-0.4, -0.2) is 48.0 Å². The van der Waals surface area contributed by atoms with Crippen molar-refractivity contribution in [1.82, 2.24) is 10.2 Å². The number of carbonyl (C=O) groups is 1. The zero-order chi connectivity index (χ0) is 12.2. The lowest BCUT2D eigenvalue weighted by molar-refractivity contribution is -0.205. The molecule has 0 aliphatic rings. The van der Waals surface area contributed by atoms with Crippen molar-refractivity contribution < 1.29 is 23.1 Å². The molecule has 0 unspecified atom stereocenters. The molecule has 0 aromatic rings. The second-order valence-corrected chi connectivity index (χ2v) is 3.54. The fourth-order valence-corrected chi connectivity index (χ4v) is 0.803. The van der Waals surface area contributed by atoms with E-state index in [-0.39, 0.29) is 6.04 Å². The van der Waals surface area contributed by atoms with Crippen LogP contribution >= 0.6 is 0 Å². The average Bonchev–Trinajstić information content (AvgIpc) is 2.00. The fourth-order valence-electron chi connectivity index (χ4n) is 0.803. The van der Waals surface area contributed by atoms with Crippen LogP contribution in [0.4, 0.5) is 18.0 Å². The number of aliphatic hydroxyl groups is 1. The monoisotopic (exact) mass is 228 g/mol. The summed E-state index contributed by atoms with van der Waals surface area (Å²) in [7, 11) is 1.19. The van der Waals surface area contributed by atoms with E-state index in [0.29, 0.717) is 0 Å². The van der Waals surface area contributed by atoms with Gasteiger partial charge in [-0.3, -0.25) is 0 Å². The Morgan fingerprint density at radius 3 is 2.27 bits per heavy atom. The van der Waals surface area contributed by atoms with E-state index in [1.54, 1.807) is 13.8 Å². The van der Waals surface area contributed by atoms with Gasteiger partial charge < -0.3 is 15.3 Å². The number of nitrogens with zero attached hydrogens (tertiary/aromatic N) is 1. The maximum Gasteiger partial charge on any atom is 0.416 e. The molecule has 0 spiro atoms. The smallest absolute Gasteiger partial charge is 0.382 e. The molecule has 0 fully saturated rings. The van der Waals surface area contributed by atoms with E-state index in [0.717, 1.165) is 4.90 Å². The van der Waals surface area contributed by atoms with Gasteiger partial charge in [0, 0.05) is 13.1 Å². The number of carbonyl (C=O) groups excluding carboxylic acids is 1. The third kappa shape index (κ3) is 5.46. The summed E-state index contributed by atoms with van der Waals surface area (Å²) in [6.07, 6.45) is -7.22. The number of likely N-dealkylation sites (N-methyl/N-ethyl adjacent to an activating group) is 1. The predicted octanol–water partition coefficient (Wildman–Crippen LogP) is 0.959. The van der Waals surface area contributed by atoms with Crippen LogP contribution in [-0.2, 0) is 0 Å². The molecule has 0 aliphatic carbocycles. The molecule has 15 heavy (non-hydrogen) atoms. The topological polar surface area (TPSA) is 52.6 Å². The SMILES string of the molecule is CC(C)NC(=O)N(C)C[C@H](O)C(F)(F)F. The van der Waals surface area contributed by atoms with Gasteiger partial charge in [-0.1, -0.05) is 0 Å². The highest BCUT2D eigenvalue weighted by Gasteiger charge is 2.39. The molecule has 7 heteroatoms. The maximum absolute atomic E-state index is 11.9. The lowest BCUT2D eigenvalue weighted by atomic mass is 10.3. The Morgan fingerprint density at radius 1 is 1.47 bits per heavy atom. The van der Waals surface area contributed by atoms with Gasteiger partial charge in [-0.05, 0) is 13.8 Å². The normalized spacial score (nSPS) is 13.9. The molecule has 0 radical (unpaired) electrons. The molecule has 0 aliphatic heterocycles. The Bertz CT molecular complexity index is 218. The highest BCUT2D eigenvalue weighted by Crippen LogP contribution is 2.20. The number of rotatable bonds is 3. The minimum atomic E-state index is -4.70. The van der Waals surface area contributed by atoms with Crippen molar-refractivity contribution in [3.05, 3.63) is 0 Å². The van der Waals surface area contributed by atoms with Crippen LogP contribution in [0.1, 0.15) is 13.8 Å². The molecule has 1 atom stereocenters. The van der Waals surface area contributed by atoms with Gasteiger partial charge in [-0.15, -0.1) is 0 Å². The predicted molar refractivity (Wildman–Crippen MR) is 48.4 cm³/mol. The third-order valence-corrected chi connectivity index (χ3v) is 1.58. The Labute approximate surface area is 86.1 Å². The summed E-state index contributed by atoms with van der Waals surface area (Å²) < 4.78 is 35.8. The highest BCUT2D eigenvalue weighted by molar-refractivity contribution is 5.74. The summed E-state index contributed by atoms with van der Waals surface area (Å²) in [6.45, 7) is 2.60. The molecule has 0 bridgehead atoms. The molecule has 0 saturated heterocycles. The molecular formula is C8H15F3N2O2. The number of nitrogens with one attached hydrogen (secondary N) is 1. The van der Waals surface area contributed by atoms with Gasteiger partial charge in [-0.2, -0.15) is 13.2 Å². The minimum Gasteiger partial charge on any atom is -0.382 e. The van der Waals surface area contributed by atoms with Crippen LogP contribution in [0.15, 0.2) is 0 Å². The van der Waals surface area contributed by atoms with E-state index in [4.69, 9.17) is 5.11 Å². The Balaban J connectivity index is 4.13. The maximum atomic E-state index is 11.9. The fraction of sp³-hybridized carbons (Fsp3) is 0.875. The van der Waals surface area contributed by atoms with Crippen molar-refractivity contribution in [2.45, 2.75) is 32.2 Å². The molecule has 2 amide bonds. The first-order chi connectivity index (χ1) is 6.64.